The molecule has 3 atom stereocenters. The van der Waals surface area contributed by atoms with Gasteiger partial charge in [-0.25, -0.2) is 13.9 Å². The molecule has 0 bridgehead atoms. The van der Waals surface area contributed by atoms with Gasteiger partial charge in [0.1, 0.15) is 0 Å². The number of ether oxygens (including phenoxy) is 1. The molecule has 2 saturated carbocycles. The zero-order valence-electron chi connectivity index (χ0n) is 15.8. The normalized spacial score (nSPS) is 23.6. The number of nitrogens with one attached hydrogen (secondary N) is 1. The molecule has 0 aromatic heterocycles. The van der Waals surface area contributed by atoms with Crippen molar-refractivity contribution >= 4 is 22.1 Å². The molecule has 2 N–H and O–H groups in total. The van der Waals surface area contributed by atoms with Crippen LogP contribution in [-0.2, 0) is 10.2 Å². The largest absolute Gasteiger partial charge is 0.486 e. The average Bonchev–Trinajstić information content (AvgIpc) is 3.21. The predicted octanol–water partition coefficient (Wildman–Crippen LogP) is 2.02. The van der Waals surface area contributed by atoms with Crippen molar-refractivity contribution < 1.29 is 32.2 Å². The summed E-state index contributed by atoms with van der Waals surface area (Å²) in [6, 6.07) is 1.58. The zero-order valence-corrected chi connectivity index (χ0v) is 16.6. The lowest BCUT2D eigenvalue weighted by Crippen LogP contribution is -2.44. The maximum atomic E-state index is 14.8. The SMILES string of the molecule is CC(C)N(C)S(=O)(=O)NC(=O)c1ccc(C(=O)O)c(F)c1OC1C[C@@H]2C[C@@H]2C1. The third-order valence-electron chi connectivity index (χ3n) is 5.39. The molecule has 1 amide bonds. The van der Waals surface area contributed by atoms with E-state index in [0.717, 1.165) is 22.9 Å². The number of aromatic carboxylic acids is 1. The number of fused-ring (bicyclic) bond motifs is 1. The van der Waals surface area contributed by atoms with Gasteiger partial charge in [-0.3, -0.25) is 4.79 Å². The van der Waals surface area contributed by atoms with Gasteiger partial charge in [0.15, 0.2) is 11.6 Å². The van der Waals surface area contributed by atoms with Gasteiger partial charge in [-0.2, -0.15) is 12.7 Å². The van der Waals surface area contributed by atoms with Crippen molar-refractivity contribution in [3.63, 3.8) is 0 Å². The highest BCUT2D eigenvalue weighted by Gasteiger charge is 2.47. The number of carbonyl (C=O) groups is 2. The lowest BCUT2D eigenvalue weighted by molar-refractivity contribution is 0.0688. The summed E-state index contributed by atoms with van der Waals surface area (Å²) in [4.78, 5) is 23.8. The molecular formula is C18H23FN2O6S. The van der Waals surface area contributed by atoms with Crippen LogP contribution in [-0.4, -0.2) is 48.9 Å². The Morgan fingerprint density at radius 3 is 2.32 bits per heavy atom. The molecule has 2 aliphatic carbocycles. The van der Waals surface area contributed by atoms with E-state index in [1.54, 1.807) is 13.8 Å². The number of carbonyl (C=O) groups excluding carboxylic acids is 1. The van der Waals surface area contributed by atoms with Crippen molar-refractivity contribution in [1.82, 2.24) is 9.03 Å². The summed E-state index contributed by atoms with van der Waals surface area (Å²) < 4.78 is 47.9. The molecule has 0 saturated heterocycles. The fourth-order valence-electron chi connectivity index (χ4n) is 3.46. The molecule has 1 aromatic rings. The standard InChI is InChI=1S/C18H23FN2O6S/c1-9(2)21(3)28(25,26)20-17(22)14-5-4-13(18(23)24)15(19)16(14)27-12-7-10-6-11(10)8-12/h4-5,9-12H,6-8H2,1-3H3,(H,20,22)(H,23,24)/t10-,11+,12?. The third-order valence-corrected chi connectivity index (χ3v) is 7.01. The zero-order chi connectivity index (χ0) is 20.8. The summed E-state index contributed by atoms with van der Waals surface area (Å²) >= 11 is 0. The number of benzene rings is 1. The summed E-state index contributed by atoms with van der Waals surface area (Å²) in [6.07, 6.45) is 2.18. The topological polar surface area (TPSA) is 113 Å². The quantitative estimate of drug-likeness (QED) is 0.706. The van der Waals surface area contributed by atoms with E-state index >= 15 is 0 Å². The van der Waals surface area contributed by atoms with Crippen LogP contribution in [0.15, 0.2) is 12.1 Å². The van der Waals surface area contributed by atoms with E-state index in [1.807, 2.05) is 4.72 Å². The van der Waals surface area contributed by atoms with Crippen LogP contribution in [0.1, 0.15) is 53.8 Å². The Morgan fingerprint density at radius 1 is 1.21 bits per heavy atom. The lowest BCUT2D eigenvalue weighted by atomic mass is 10.1. The van der Waals surface area contributed by atoms with Gasteiger partial charge >= 0.3 is 16.2 Å². The number of halogens is 1. The van der Waals surface area contributed by atoms with Gasteiger partial charge in [-0.1, -0.05) is 0 Å². The molecule has 0 heterocycles. The molecule has 28 heavy (non-hydrogen) atoms. The number of carboxylic acid groups (broad SMARTS) is 1. The molecule has 10 heteroatoms. The van der Waals surface area contributed by atoms with E-state index in [2.05, 4.69) is 0 Å². The van der Waals surface area contributed by atoms with Crippen molar-refractivity contribution in [3.05, 3.63) is 29.1 Å². The van der Waals surface area contributed by atoms with Crippen LogP contribution in [0.5, 0.6) is 5.75 Å². The van der Waals surface area contributed by atoms with E-state index in [-0.39, 0.29) is 11.7 Å². The van der Waals surface area contributed by atoms with Gasteiger partial charge in [-0.15, -0.1) is 0 Å². The minimum Gasteiger partial charge on any atom is -0.486 e. The molecule has 154 valence electrons. The second kappa shape index (κ2) is 7.32. The minimum atomic E-state index is -4.15. The summed E-state index contributed by atoms with van der Waals surface area (Å²) in [7, 11) is -2.85. The van der Waals surface area contributed by atoms with E-state index in [4.69, 9.17) is 9.84 Å². The summed E-state index contributed by atoms with van der Waals surface area (Å²) in [5.74, 6) is -3.25. The van der Waals surface area contributed by atoms with Gasteiger partial charge < -0.3 is 9.84 Å². The molecular weight excluding hydrogens is 391 g/mol. The van der Waals surface area contributed by atoms with E-state index in [1.165, 1.54) is 7.05 Å². The van der Waals surface area contributed by atoms with Crippen molar-refractivity contribution in [1.29, 1.82) is 0 Å². The molecule has 2 aliphatic rings. The first-order chi connectivity index (χ1) is 13.0. The smallest absolute Gasteiger partial charge is 0.338 e. The molecule has 0 aliphatic heterocycles. The lowest BCUT2D eigenvalue weighted by Gasteiger charge is -2.22. The van der Waals surface area contributed by atoms with Crippen LogP contribution in [0.2, 0.25) is 0 Å². The summed E-state index contributed by atoms with van der Waals surface area (Å²) in [5, 5.41) is 9.15. The Hall–Kier alpha value is -2.20. The molecule has 1 aromatic carbocycles. The number of nitrogens with zero attached hydrogens (tertiary/aromatic N) is 1. The first-order valence-corrected chi connectivity index (χ1v) is 10.5. The Labute approximate surface area is 162 Å². The highest BCUT2D eigenvalue weighted by molar-refractivity contribution is 7.87. The Balaban J connectivity index is 1.91. The van der Waals surface area contributed by atoms with Crippen LogP contribution in [0.3, 0.4) is 0 Å². The Kier molecular flexibility index (Phi) is 5.37. The molecule has 0 spiro atoms. The fourth-order valence-corrected chi connectivity index (χ4v) is 4.50. The Bertz CT molecular complexity index is 907. The number of carboxylic acids is 1. The van der Waals surface area contributed by atoms with Gasteiger partial charge in [-0.05, 0) is 57.1 Å². The van der Waals surface area contributed by atoms with Crippen LogP contribution in [0.25, 0.3) is 0 Å². The van der Waals surface area contributed by atoms with Crippen LogP contribution in [0, 0.1) is 17.7 Å². The predicted molar refractivity (Wildman–Crippen MR) is 97.9 cm³/mol. The highest BCUT2D eigenvalue weighted by Crippen LogP contribution is 2.52. The van der Waals surface area contributed by atoms with E-state index < -0.39 is 45.3 Å². The van der Waals surface area contributed by atoms with Gasteiger partial charge in [0.25, 0.3) is 5.91 Å². The number of hydrogen-bond donors (Lipinski definition) is 2. The minimum absolute atomic E-state index is 0.330. The van der Waals surface area contributed by atoms with E-state index in [0.29, 0.717) is 24.7 Å². The van der Waals surface area contributed by atoms with Crippen molar-refractivity contribution in [3.8, 4) is 5.75 Å². The van der Waals surface area contributed by atoms with Crippen molar-refractivity contribution in [2.24, 2.45) is 11.8 Å². The number of hydrogen-bond acceptors (Lipinski definition) is 5. The van der Waals surface area contributed by atoms with Gasteiger partial charge in [0.05, 0.1) is 17.2 Å². The van der Waals surface area contributed by atoms with Gasteiger partial charge in [0, 0.05) is 13.1 Å². The van der Waals surface area contributed by atoms with E-state index in [9.17, 15) is 22.4 Å². The van der Waals surface area contributed by atoms with Crippen molar-refractivity contribution in [2.45, 2.75) is 45.3 Å². The number of amides is 1. The summed E-state index contributed by atoms with van der Waals surface area (Å²) in [6.45, 7) is 3.26. The van der Waals surface area contributed by atoms with Crippen LogP contribution in [0.4, 0.5) is 4.39 Å². The molecule has 1 unspecified atom stereocenters. The third kappa shape index (κ3) is 3.97. The second-order valence-corrected chi connectivity index (χ2v) is 9.35. The average molecular weight is 414 g/mol. The molecule has 0 radical (unpaired) electrons. The monoisotopic (exact) mass is 414 g/mol. The van der Waals surface area contributed by atoms with Crippen LogP contribution >= 0.6 is 0 Å². The fraction of sp³-hybridized carbons (Fsp3) is 0.556. The maximum Gasteiger partial charge on any atom is 0.338 e. The molecule has 2 fully saturated rings. The summed E-state index contributed by atoms with van der Waals surface area (Å²) in [5.41, 5.74) is -0.999. The second-order valence-electron chi connectivity index (χ2n) is 7.62. The first kappa shape index (κ1) is 20.5. The van der Waals surface area contributed by atoms with Crippen LogP contribution < -0.4 is 9.46 Å². The maximum absolute atomic E-state index is 14.8. The Morgan fingerprint density at radius 2 is 1.79 bits per heavy atom. The molecule has 3 rings (SSSR count). The van der Waals surface area contributed by atoms with Gasteiger partial charge in [0.2, 0.25) is 0 Å². The molecule has 8 nitrogen and oxygen atoms in total. The number of rotatable bonds is 7. The first-order valence-electron chi connectivity index (χ1n) is 9.03. The van der Waals surface area contributed by atoms with Crippen molar-refractivity contribution in [2.75, 3.05) is 7.05 Å². The highest BCUT2D eigenvalue weighted by atomic mass is 32.2.